The lowest BCUT2D eigenvalue weighted by Gasteiger charge is -2.23. The van der Waals surface area contributed by atoms with Crippen LogP contribution in [0.5, 0.6) is 5.75 Å². The highest BCUT2D eigenvalue weighted by Crippen LogP contribution is 2.19. The number of carboxylic acids is 1. The molecule has 4 unspecified atom stereocenters. The number of hydrogen-bond acceptors (Lipinski definition) is 7. The van der Waals surface area contributed by atoms with Crippen molar-refractivity contribution >= 4 is 34.6 Å². The highest BCUT2D eigenvalue weighted by molar-refractivity contribution is 5.94. The van der Waals surface area contributed by atoms with Crippen molar-refractivity contribution in [2.45, 2.75) is 50.4 Å². The van der Waals surface area contributed by atoms with Gasteiger partial charge in [-0.05, 0) is 42.7 Å². The normalized spacial score (nSPS) is 14.0. The minimum Gasteiger partial charge on any atom is -0.508 e. The smallest absolute Gasteiger partial charge is 0.326 e. The Balaban J connectivity index is 1.46. The van der Waals surface area contributed by atoms with Crippen LogP contribution in [0.15, 0.2) is 67.3 Å². The van der Waals surface area contributed by atoms with E-state index in [4.69, 9.17) is 5.73 Å². The van der Waals surface area contributed by atoms with Gasteiger partial charge in [-0.25, -0.2) is 9.78 Å². The van der Waals surface area contributed by atoms with Gasteiger partial charge in [0.05, 0.1) is 12.4 Å². The predicted molar refractivity (Wildman–Crippen MR) is 153 cm³/mol. The van der Waals surface area contributed by atoms with Gasteiger partial charge in [-0.2, -0.15) is 0 Å². The minimum absolute atomic E-state index is 0.0279. The van der Waals surface area contributed by atoms with E-state index in [9.17, 15) is 29.4 Å². The van der Waals surface area contributed by atoms with E-state index in [2.05, 4.69) is 30.9 Å². The summed E-state index contributed by atoms with van der Waals surface area (Å²) in [5.74, 6) is -3.10. The molecule has 4 atom stereocenters. The van der Waals surface area contributed by atoms with E-state index in [0.29, 0.717) is 5.69 Å². The summed E-state index contributed by atoms with van der Waals surface area (Å²) in [6, 6.07) is 9.31. The number of nitrogens with two attached hydrogens (primary N) is 1. The number of carbonyl (C=O) groups is 4. The molecule has 0 saturated heterocycles. The van der Waals surface area contributed by atoms with Crippen LogP contribution in [0.25, 0.3) is 10.9 Å². The van der Waals surface area contributed by atoms with Gasteiger partial charge in [0.1, 0.15) is 23.9 Å². The highest BCUT2D eigenvalue weighted by atomic mass is 16.4. The van der Waals surface area contributed by atoms with Crippen LogP contribution in [0.2, 0.25) is 0 Å². The van der Waals surface area contributed by atoms with Crippen LogP contribution >= 0.6 is 0 Å². The van der Waals surface area contributed by atoms with E-state index < -0.39 is 47.9 Å². The first-order valence-corrected chi connectivity index (χ1v) is 13.3. The van der Waals surface area contributed by atoms with Crippen molar-refractivity contribution in [3.8, 4) is 5.75 Å². The van der Waals surface area contributed by atoms with Crippen molar-refractivity contribution in [2.24, 2.45) is 5.73 Å². The van der Waals surface area contributed by atoms with Gasteiger partial charge in [0, 0.05) is 41.8 Å². The Morgan fingerprint density at radius 1 is 0.881 bits per heavy atom. The van der Waals surface area contributed by atoms with Gasteiger partial charge in [-0.1, -0.05) is 30.3 Å². The number of phenolic OH excluding ortho intramolecular Hbond substituents is 1. The van der Waals surface area contributed by atoms with E-state index in [-0.39, 0.29) is 25.0 Å². The van der Waals surface area contributed by atoms with Crippen LogP contribution in [0.1, 0.15) is 23.7 Å². The Morgan fingerprint density at radius 2 is 1.60 bits per heavy atom. The third kappa shape index (κ3) is 7.73. The summed E-state index contributed by atoms with van der Waals surface area (Å²) < 4.78 is 0. The van der Waals surface area contributed by atoms with Crippen LogP contribution < -0.4 is 21.7 Å². The number of nitrogens with zero attached hydrogens (tertiary/aromatic N) is 1. The lowest BCUT2D eigenvalue weighted by Crippen LogP contribution is -2.57. The van der Waals surface area contributed by atoms with Crippen molar-refractivity contribution in [2.75, 3.05) is 0 Å². The van der Waals surface area contributed by atoms with Crippen LogP contribution in [0.4, 0.5) is 0 Å². The van der Waals surface area contributed by atoms with Crippen LogP contribution in [0, 0.1) is 0 Å². The van der Waals surface area contributed by atoms with E-state index in [1.165, 1.54) is 31.6 Å². The van der Waals surface area contributed by atoms with Gasteiger partial charge in [-0.3, -0.25) is 14.4 Å². The van der Waals surface area contributed by atoms with Gasteiger partial charge in [-0.15, -0.1) is 0 Å². The molecular formula is C29H33N7O6. The first kappa shape index (κ1) is 29.8. The van der Waals surface area contributed by atoms with Crippen molar-refractivity contribution in [1.82, 2.24) is 30.9 Å². The number of imidazole rings is 1. The Kier molecular flexibility index (Phi) is 9.55. The number of aliphatic carboxylic acids is 1. The molecule has 0 aliphatic heterocycles. The maximum absolute atomic E-state index is 13.4. The number of phenols is 1. The summed E-state index contributed by atoms with van der Waals surface area (Å²) >= 11 is 0. The quantitative estimate of drug-likeness (QED) is 0.112. The lowest BCUT2D eigenvalue weighted by molar-refractivity contribution is -0.142. The molecule has 4 rings (SSSR count). The van der Waals surface area contributed by atoms with Gasteiger partial charge in [0.2, 0.25) is 17.7 Å². The fourth-order valence-corrected chi connectivity index (χ4v) is 4.48. The Morgan fingerprint density at radius 3 is 2.29 bits per heavy atom. The van der Waals surface area contributed by atoms with Crippen LogP contribution in [0.3, 0.4) is 0 Å². The molecule has 0 saturated carbocycles. The van der Waals surface area contributed by atoms with Gasteiger partial charge in [0.15, 0.2) is 0 Å². The predicted octanol–water partition coefficient (Wildman–Crippen LogP) is 0.511. The summed E-state index contributed by atoms with van der Waals surface area (Å²) in [5.41, 5.74) is 9.01. The first-order chi connectivity index (χ1) is 20.1. The number of aromatic nitrogens is 3. The molecule has 2 heterocycles. The zero-order chi connectivity index (χ0) is 30.2. The SMILES string of the molecule is CC(NC(=O)C(Cc1c[nH]c2ccccc12)NC(=O)C(N)Cc1ccc(O)cc1)C(=O)NC(Cc1cnc[nH]1)C(=O)O. The summed E-state index contributed by atoms with van der Waals surface area (Å²) in [6.07, 6.45) is 4.84. The molecule has 4 aromatic rings. The van der Waals surface area contributed by atoms with E-state index >= 15 is 0 Å². The number of carbonyl (C=O) groups excluding carboxylic acids is 3. The molecule has 13 heteroatoms. The Hall–Kier alpha value is -5.17. The van der Waals surface area contributed by atoms with Gasteiger partial charge < -0.3 is 41.9 Å². The number of aromatic amines is 2. The Bertz CT molecular complexity index is 1530. The number of rotatable bonds is 13. The molecule has 0 spiro atoms. The molecule has 9 N–H and O–H groups in total. The van der Waals surface area contributed by atoms with E-state index in [1.54, 1.807) is 18.3 Å². The molecule has 0 radical (unpaired) electrons. The third-order valence-electron chi connectivity index (χ3n) is 6.81. The number of aromatic hydroxyl groups is 1. The van der Waals surface area contributed by atoms with Crippen molar-refractivity contribution in [1.29, 1.82) is 0 Å². The first-order valence-electron chi connectivity index (χ1n) is 13.3. The van der Waals surface area contributed by atoms with E-state index in [1.807, 2.05) is 24.3 Å². The summed E-state index contributed by atoms with van der Waals surface area (Å²) in [4.78, 5) is 60.9. The lowest BCUT2D eigenvalue weighted by atomic mass is 10.0. The minimum atomic E-state index is -1.25. The molecule has 3 amide bonds. The number of amides is 3. The fourth-order valence-electron chi connectivity index (χ4n) is 4.48. The van der Waals surface area contributed by atoms with Crippen molar-refractivity contribution in [3.63, 3.8) is 0 Å². The summed E-state index contributed by atoms with van der Waals surface area (Å²) in [6.45, 7) is 1.42. The van der Waals surface area contributed by atoms with E-state index in [0.717, 1.165) is 22.0 Å². The second kappa shape index (κ2) is 13.5. The second-order valence-electron chi connectivity index (χ2n) is 10.0. The molecule has 2 aromatic carbocycles. The maximum Gasteiger partial charge on any atom is 0.326 e. The number of nitrogens with one attached hydrogen (secondary N) is 5. The average molecular weight is 576 g/mol. The average Bonchev–Trinajstić information content (AvgIpc) is 3.63. The molecule has 220 valence electrons. The summed E-state index contributed by atoms with van der Waals surface area (Å²) in [7, 11) is 0. The fraction of sp³-hybridized carbons (Fsp3) is 0.276. The standard InChI is InChI=1S/C29H33N7O6/c1-16(26(38)36-25(29(41)42)12-19-14-31-15-33-19)34-28(40)24(11-18-13-32-23-5-3-2-4-21(18)23)35-27(39)22(30)10-17-6-8-20(37)9-7-17/h2-9,13-16,22,24-25,32,37H,10-12,30H2,1H3,(H,31,33)(H,34,40)(H,35,39)(H,36,38)(H,41,42). The molecule has 42 heavy (non-hydrogen) atoms. The molecule has 0 aliphatic rings. The monoisotopic (exact) mass is 575 g/mol. The van der Waals surface area contributed by atoms with Crippen LogP contribution in [-0.4, -0.2) is 73.0 Å². The zero-order valence-corrected chi connectivity index (χ0v) is 22.8. The maximum atomic E-state index is 13.4. The number of carboxylic acid groups (broad SMARTS) is 1. The molecule has 13 nitrogen and oxygen atoms in total. The topological polar surface area (TPSA) is 215 Å². The molecular weight excluding hydrogens is 542 g/mol. The number of para-hydroxylation sites is 1. The molecule has 0 aliphatic carbocycles. The Labute approximate surface area is 240 Å². The zero-order valence-electron chi connectivity index (χ0n) is 22.8. The number of benzene rings is 2. The number of H-pyrrole nitrogens is 2. The number of fused-ring (bicyclic) bond motifs is 1. The second-order valence-corrected chi connectivity index (χ2v) is 10.0. The molecule has 0 fully saturated rings. The molecule has 0 bridgehead atoms. The highest BCUT2D eigenvalue weighted by Gasteiger charge is 2.29. The van der Waals surface area contributed by atoms with Crippen molar-refractivity contribution in [3.05, 3.63) is 84.1 Å². The third-order valence-corrected chi connectivity index (χ3v) is 6.81. The van der Waals surface area contributed by atoms with Crippen LogP contribution in [-0.2, 0) is 38.4 Å². The largest absolute Gasteiger partial charge is 0.508 e. The molecule has 2 aromatic heterocycles. The van der Waals surface area contributed by atoms with Gasteiger partial charge in [0.25, 0.3) is 0 Å². The summed E-state index contributed by atoms with van der Waals surface area (Å²) in [5, 5.41) is 27.7. The number of hydrogen-bond donors (Lipinski definition) is 8. The van der Waals surface area contributed by atoms with Crippen molar-refractivity contribution < 1.29 is 29.4 Å². The van der Waals surface area contributed by atoms with Gasteiger partial charge >= 0.3 is 5.97 Å².